The average Bonchev–Trinajstić information content (AvgIpc) is 3.51. The van der Waals surface area contributed by atoms with Crippen LogP contribution in [0.4, 0.5) is 0 Å². The van der Waals surface area contributed by atoms with Crippen LogP contribution >= 0.6 is 0 Å². The average molecular weight is 395 g/mol. The van der Waals surface area contributed by atoms with Crippen molar-refractivity contribution in [1.29, 1.82) is 0 Å². The molecule has 0 saturated carbocycles. The summed E-state index contributed by atoms with van der Waals surface area (Å²) in [6.45, 7) is 7.72. The molecule has 4 rings (SSSR count). The minimum Gasteiger partial charge on any atom is -0.469 e. The normalized spacial score (nSPS) is 20.5. The van der Waals surface area contributed by atoms with Crippen LogP contribution in [0, 0.1) is 5.92 Å². The van der Waals surface area contributed by atoms with E-state index in [1.807, 2.05) is 12.1 Å². The number of benzene rings is 1. The van der Waals surface area contributed by atoms with E-state index < -0.39 is 0 Å². The molecule has 1 atom stereocenters. The van der Waals surface area contributed by atoms with Crippen LogP contribution in [0.15, 0.2) is 58.1 Å². The van der Waals surface area contributed by atoms with Crippen molar-refractivity contribution < 1.29 is 4.42 Å². The topological polar surface area (TPSA) is 44.0 Å². The second-order valence-electron chi connectivity index (χ2n) is 8.31. The Morgan fingerprint density at radius 2 is 1.90 bits per heavy atom. The zero-order valence-electron chi connectivity index (χ0n) is 17.4. The molecule has 5 heteroatoms. The molecular weight excluding hydrogens is 360 g/mol. The van der Waals surface area contributed by atoms with Crippen molar-refractivity contribution in [3.05, 3.63) is 60.1 Å². The number of furan rings is 1. The van der Waals surface area contributed by atoms with Crippen molar-refractivity contribution in [1.82, 2.24) is 15.1 Å². The number of hydrogen-bond donors (Lipinski definition) is 1. The molecule has 0 amide bonds. The summed E-state index contributed by atoms with van der Waals surface area (Å²) in [6, 6.07) is 14.6. The van der Waals surface area contributed by atoms with Gasteiger partial charge in [-0.15, -0.1) is 0 Å². The maximum Gasteiger partial charge on any atom is 0.193 e. The molecule has 0 spiro atoms. The van der Waals surface area contributed by atoms with Crippen LogP contribution in [0.2, 0.25) is 0 Å². The number of nitrogens with zero attached hydrogens (tertiary/aromatic N) is 3. The van der Waals surface area contributed by atoms with E-state index in [-0.39, 0.29) is 0 Å². The lowest BCUT2D eigenvalue weighted by molar-refractivity contribution is 0.281. The summed E-state index contributed by atoms with van der Waals surface area (Å²) < 4.78 is 5.46. The van der Waals surface area contributed by atoms with Crippen LogP contribution < -0.4 is 5.32 Å². The van der Waals surface area contributed by atoms with Gasteiger partial charge in [0.2, 0.25) is 0 Å². The first kappa shape index (κ1) is 20.0. The second-order valence-corrected chi connectivity index (χ2v) is 8.31. The zero-order valence-corrected chi connectivity index (χ0v) is 17.4. The standard InChI is InChI=1S/C24H34N4O/c1-2-7-21(8-3-1)10-13-25-24(26-14-11-23-9-6-18-29-23)28-17-12-22(20-28)19-27-15-4-5-16-27/h1-3,6-9,18,22H,4-5,10-17,19-20H2,(H,25,26). The first-order chi connectivity index (χ1) is 14.4. The lowest BCUT2D eigenvalue weighted by Gasteiger charge is -2.24. The number of guanidine groups is 1. The molecule has 1 aromatic heterocycles. The molecule has 2 aliphatic heterocycles. The van der Waals surface area contributed by atoms with E-state index in [1.165, 1.54) is 44.5 Å². The maximum absolute atomic E-state index is 5.46. The molecule has 0 radical (unpaired) electrons. The van der Waals surface area contributed by atoms with Crippen molar-refractivity contribution in [2.75, 3.05) is 45.8 Å². The summed E-state index contributed by atoms with van der Waals surface area (Å²) >= 11 is 0. The summed E-state index contributed by atoms with van der Waals surface area (Å²) in [7, 11) is 0. The Hall–Kier alpha value is -2.27. The van der Waals surface area contributed by atoms with E-state index in [1.54, 1.807) is 6.26 Å². The van der Waals surface area contributed by atoms with Crippen molar-refractivity contribution >= 4 is 5.96 Å². The third-order valence-corrected chi connectivity index (χ3v) is 6.04. The van der Waals surface area contributed by atoms with Gasteiger partial charge in [0, 0.05) is 39.1 Å². The molecule has 2 saturated heterocycles. The maximum atomic E-state index is 5.46. The fourth-order valence-electron chi connectivity index (χ4n) is 4.46. The summed E-state index contributed by atoms with van der Waals surface area (Å²) in [4.78, 5) is 10.0. The van der Waals surface area contributed by atoms with Crippen molar-refractivity contribution in [3.8, 4) is 0 Å². The van der Waals surface area contributed by atoms with Gasteiger partial charge in [0.25, 0.3) is 0 Å². The Labute approximate surface area is 174 Å². The van der Waals surface area contributed by atoms with Gasteiger partial charge in [-0.3, -0.25) is 4.99 Å². The summed E-state index contributed by atoms with van der Waals surface area (Å²) in [6.07, 6.45) is 7.62. The lowest BCUT2D eigenvalue weighted by atomic mass is 10.1. The third kappa shape index (κ3) is 6.10. The van der Waals surface area contributed by atoms with E-state index in [0.717, 1.165) is 56.7 Å². The number of aliphatic imine (C=N–C) groups is 1. The second kappa shape index (κ2) is 10.5. The molecule has 1 unspecified atom stereocenters. The highest BCUT2D eigenvalue weighted by molar-refractivity contribution is 5.80. The van der Waals surface area contributed by atoms with Crippen LogP contribution in [-0.4, -0.2) is 61.6 Å². The predicted molar refractivity (Wildman–Crippen MR) is 118 cm³/mol. The van der Waals surface area contributed by atoms with Gasteiger partial charge in [0.15, 0.2) is 5.96 Å². The van der Waals surface area contributed by atoms with Gasteiger partial charge < -0.3 is 19.5 Å². The molecule has 156 valence electrons. The third-order valence-electron chi connectivity index (χ3n) is 6.04. The van der Waals surface area contributed by atoms with E-state index in [9.17, 15) is 0 Å². The summed E-state index contributed by atoms with van der Waals surface area (Å²) in [5, 5.41) is 3.64. The monoisotopic (exact) mass is 394 g/mol. The van der Waals surface area contributed by atoms with Gasteiger partial charge in [-0.25, -0.2) is 0 Å². The van der Waals surface area contributed by atoms with E-state index in [4.69, 9.17) is 9.41 Å². The Bertz CT molecular complexity index is 738. The van der Waals surface area contributed by atoms with Gasteiger partial charge in [0.1, 0.15) is 5.76 Å². The van der Waals surface area contributed by atoms with Crippen molar-refractivity contribution in [3.63, 3.8) is 0 Å². The van der Waals surface area contributed by atoms with Gasteiger partial charge in [-0.1, -0.05) is 30.3 Å². The van der Waals surface area contributed by atoms with Crippen LogP contribution in [0.5, 0.6) is 0 Å². The van der Waals surface area contributed by atoms with Crippen LogP contribution in [0.1, 0.15) is 30.6 Å². The van der Waals surface area contributed by atoms with E-state index >= 15 is 0 Å². The fraction of sp³-hybridized carbons (Fsp3) is 0.542. The first-order valence-electron chi connectivity index (χ1n) is 11.2. The molecule has 0 aliphatic carbocycles. The summed E-state index contributed by atoms with van der Waals surface area (Å²) in [5.41, 5.74) is 1.36. The van der Waals surface area contributed by atoms with Gasteiger partial charge in [-0.2, -0.15) is 0 Å². The van der Waals surface area contributed by atoms with Crippen molar-refractivity contribution in [2.24, 2.45) is 10.9 Å². The molecule has 2 aliphatic rings. The molecule has 1 N–H and O–H groups in total. The highest BCUT2D eigenvalue weighted by Crippen LogP contribution is 2.20. The Morgan fingerprint density at radius 1 is 1.03 bits per heavy atom. The quantitative estimate of drug-likeness (QED) is 0.550. The minimum absolute atomic E-state index is 0.758. The Morgan fingerprint density at radius 3 is 2.69 bits per heavy atom. The zero-order chi connectivity index (χ0) is 19.7. The molecule has 1 aromatic carbocycles. The highest BCUT2D eigenvalue weighted by atomic mass is 16.3. The molecule has 2 aromatic rings. The molecule has 5 nitrogen and oxygen atoms in total. The van der Waals surface area contributed by atoms with Crippen LogP contribution in [0.3, 0.4) is 0 Å². The molecule has 29 heavy (non-hydrogen) atoms. The van der Waals surface area contributed by atoms with Crippen molar-refractivity contribution in [2.45, 2.75) is 32.1 Å². The number of likely N-dealkylation sites (tertiary alicyclic amines) is 2. The smallest absolute Gasteiger partial charge is 0.193 e. The van der Waals surface area contributed by atoms with E-state index in [0.29, 0.717) is 0 Å². The van der Waals surface area contributed by atoms with Gasteiger partial charge >= 0.3 is 0 Å². The largest absolute Gasteiger partial charge is 0.469 e. The molecule has 3 heterocycles. The number of rotatable bonds is 8. The van der Waals surface area contributed by atoms with Gasteiger partial charge in [-0.05, 0) is 62.4 Å². The molecular formula is C24H34N4O. The SMILES string of the molecule is c1ccc(CCNC(=NCCc2ccco2)N2CCC(CN3CCCC3)C2)cc1. The molecule has 0 bridgehead atoms. The minimum atomic E-state index is 0.758. The van der Waals surface area contributed by atoms with Crippen LogP contribution in [0.25, 0.3) is 0 Å². The Kier molecular flexibility index (Phi) is 7.24. The highest BCUT2D eigenvalue weighted by Gasteiger charge is 2.27. The van der Waals surface area contributed by atoms with Gasteiger partial charge in [0.05, 0.1) is 6.26 Å². The lowest BCUT2D eigenvalue weighted by Crippen LogP contribution is -2.41. The molecule has 2 fully saturated rings. The fourth-order valence-corrected chi connectivity index (χ4v) is 4.46. The first-order valence-corrected chi connectivity index (χ1v) is 11.2. The number of nitrogens with one attached hydrogen (secondary N) is 1. The predicted octanol–water partition coefficient (Wildman–Crippen LogP) is 3.43. The van der Waals surface area contributed by atoms with Crippen LogP contribution in [-0.2, 0) is 12.8 Å². The number of hydrogen-bond acceptors (Lipinski definition) is 3. The van der Waals surface area contributed by atoms with E-state index in [2.05, 4.69) is 45.4 Å². The Balaban J connectivity index is 1.31. The summed E-state index contributed by atoms with van der Waals surface area (Å²) in [5.74, 6) is 2.83.